The van der Waals surface area contributed by atoms with Crippen molar-refractivity contribution in [2.75, 3.05) is 7.11 Å². The predicted molar refractivity (Wildman–Crippen MR) is 69.7 cm³/mol. The van der Waals surface area contributed by atoms with Gasteiger partial charge in [-0.3, -0.25) is 0 Å². The molecule has 1 nitrogen and oxygen atoms in total. The Bertz CT molecular complexity index is 392. The molecular formula is C13H15IO. The summed E-state index contributed by atoms with van der Waals surface area (Å²) in [5.41, 5.74) is 3.14. The third-order valence-corrected chi connectivity index (χ3v) is 4.90. The summed E-state index contributed by atoms with van der Waals surface area (Å²) in [7, 11) is 1.80. The lowest BCUT2D eigenvalue weighted by atomic mass is 9.67. The number of ether oxygens (including phenoxy) is 1. The number of halogens is 1. The molecule has 3 aliphatic carbocycles. The number of hydrogen-bond acceptors (Lipinski definition) is 1. The summed E-state index contributed by atoms with van der Waals surface area (Å²) in [6.07, 6.45) is 5.52. The molecule has 0 N–H and O–H groups in total. The normalized spacial score (nSPS) is 27.6. The van der Waals surface area contributed by atoms with Crippen molar-refractivity contribution in [2.24, 2.45) is 0 Å². The minimum Gasteiger partial charge on any atom is -0.496 e. The summed E-state index contributed by atoms with van der Waals surface area (Å²) in [5, 5.41) is 0. The first-order valence-corrected chi connectivity index (χ1v) is 6.75. The summed E-state index contributed by atoms with van der Waals surface area (Å²) in [6.45, 7) is 0. The van der Waals surface area contributed by atoms with Crippen molar-refractivity contribution in [1.82, 2.24) is 0 Å². The molecular weight excluding hydrogens is 299 g/mol. The van der Waals surface area contributed by atoms with E-state index in [4.69, 9.17) is 4.74 Å². The van der Waals surface area contributed by atoms with Gasteiger partial charge < -0.3 is 4.74 Å². The zero-order valence-electron chi connectivity index (χ0n) is 8.92. The molecule has 80 valence electrons. The highest BCUT2D eigenvalue weighted by Crippen LogP contribution is 2.53. The summed E-state index contributed by atoms with van der Waals surface area (Å²) in [4.78, 5) is 0. The molecule has 1 aromatic rings. The minimum atomic E-state index is 0.773. The lowest BCUT2D eigenvalue weighted by Gasteiger charge is -2.39. The molecule has 0 heterocycles. The lowest BCUT2D eigenvalue weighted by Crippen LogP contribution is -2.23. The Hall–Kier alpha value is -0.250. The molecule has 0 saturated heterocycles. The van der Waals surface area contributed by atoms with Gasteiger partial charge in [0.1, 0.15) is 5.75 Å². The van der Waals surface area contributed by atoms with Gasteiger partial charge in [-0.1, -0.05) is 0 Å². The van der Waals surface area contributed by atoms with Gasteiger partial charge in [0.2, 0.25) is 0 Å². The van der Waals surface area contributed by atoms with Gasteiger partial charge in [0.05, 0.1) is 7.11 Å². The first-order chi connectivity index (χ1) is 7.31. The molecule has 1 fully saturated rings. The quantitative estimate of drug-likeness (QED) is 0.711. The predicted octanol–water partition coefficient (Wildman–Crippen LogP) is 4.05. The summed E-state index contributed by atoms with van der Waals surface area (Å²) in [6, 6.07) is 4.35. The second-order valence-electron chi connectivity index (χ2n) is 4.63. The second kappa shape index (κ2) is 3.65. The van der Waals surface area contributed by atoms with Crippen LogP contribution < -0.4 is 4.74 Å². The monoisotopic (exact) mass is 314 g/mol. The van der Waals surface area contributed by atoms with Crippen LogP contribution in [-0.4, -0.2) is 7.11 Å². The van der Waals surface area contributed by atoms with Gasteiger partial charge in [0.15, 0.2) is 0 Å². The van der Waals surface area contributed by atoms with Gasteiger partial charge in [0, 0.05) is 9.13 Å². The van der Waals surface area contributed by atoms with Crippen LogP contribution in [0.3, 0.4) is 0 Å². The molecule has 15 heavy (non-hydrogen) atoms. The molecule has 1 aromatic carbocycles. The van der Waals surface area contributed by atoms with Crippen LogP contribution in [0.5, 0.6) is 5.75 Å². The van der Waals surface area contributed by atoms with Crippen molar-refractivity contribution in [3.8, 4) is 5.75 Å². The van der Waals surface area contributed by atoms with Gasteiger partial charge in [-0.25, -0.2) is 0 Å². The number of benzene rings is 1. The van der Waals surface area contributed by atoms with E-state index in [0.717, 1.165) is 17.6 Å². The van der Waals surface area contributed by atoms with Crippen LogP contribution in [0.4, 0.5) is 0 Å². The van der Waals surface area contributed by atoms with E-state index in [-0.39, 0.29) is 0 Å². The van der Waals surface area contributed by atoms with E-state index in [0.29, 0.717) is 0 Å². The SMILES string of the molecule is COc1ccc(I)c2c1C1CCC2CC1. The molecule has 0 atom stereocenters. The van der Waals surface area contributed by atoms with Crippen molar-refractivity contribution >= 4 is 22.6 Å². The molecule has 4 rings (SSSR count). The van der Waals surface area contributed by atoms with Crippen LogP contribution in [0.15, 0.2) is 12.1 Å². The second-order valence-corrected chi connectivity index (χ2v) is 5.79. The van der Waals surface area contributed by atoms with Crippen molar-refractivity contribution in [3.63, 3.8) is 0 Å². The molecule has 0 aromatic heterocycles. The molecule has 1 saturated carbocycles. The highest BCUT2D eigenvalue weighted by atomic mass is 127. The topological polar surface area (TPSA) is 9.23 Å². The number of rotatable bonds is 1. The first-order valence-electron chi connectivity index (χ1n) is 5.67. The van der Waals surface area contributed by atoms with Gasteiger partial charge in [-0.2, -0.15) is 0 Å². The van der Waals surface area contributed by atoms with E-state index in [2.05, 4.69) is 34.7 Å². The minimum absolute atomic E-state index is 0.773. The number of hydrogen-bond donors (Lipinski definition) is 0. The molecule has 3 aliphatic rings. The van der Waals surface area contributed by atoms with Crippen LogP contribution in [0, 0.1) is 3.57 Å². The summed E-state index contributed by atoms with van der Waals surface area (Å²) in [5.74, 6) is 2.71. The molecule has 2 bridgehead atoms. The maximum atomic E-state index is 5.52. The van der Waals surface area contributed by atoms with Gasteiger partial charge in [-0.15, -0.1) is 0 Å². The Kier molecular flexibility index (Phi) is 2.42. The fourth-order valence-corrected chi connectivity index (χ4v) is 4.19. The van der Waals surface area contributed by atoms with Gasteiger partial charge in [0.25, 0.3) is 0 Å². The average Bonchev–Trinajstić information content (AvgIpc) is 2.31. The van der Waals surface area contributed by atoms with E-state index >= 15 is 0 Å². The average molecular weight is 314 g/mol. The Morgan fingerprint density at radius 1 is 1.07 bits per heavy atom. The van der Waals surface area contributed by atoms with Crippen molar-refractivity contribution in [3.05, 3.63) is 26.8 Å². The first kappa shape index (κ1) is 9.94. The van der Waals surface area contributed by atoms with Gasteiger partial charge in [-0.05, 0) is 77.8 Å². The molecule has 2 heteroatoms. The van der Waals surface area contributed by atoms with E-state index < -0.39 is 0 Å². The Morgan fingerprint density at radius 3 is 2.27 bits per heavy atom. The fourth-order valence-electron chi connectivity index (χ4n) is 3.27. The van der Waals surface area contributed by atoms with E-state index in [1.165, 1.54) is 34.8 Å². The molecule has 0 aliphatic heterocycles. The number of methoxy groups -OCH3 is 1. The van der Waals surface area contributed by atoms with Crippen LogP contribution in [0.1, 0.15) is 48.6 Å². The van der Waals surface area contributed by atoms with Crippen molar-refractivity contribution < 1.29 is 4.74 Å². The number of fused-ring (bicyclic) bond motifs is 2. The van der Waals surface area contributed by atoms with Crippen LogP contribution in [-0.2, 0) is 0 Å². The fraction of sp³-hybridized carbons (Fsp3) is 0.538. The zero-order chi connectivity index (χ0) is 10.4. The molecule has 0 spiro atoms. The lowest BCUT2D eigenvalue weighted by molar-refractivity contribution is 0.334. The maximum absolute atomic E-state index is 5.52. The van der Waals surface area contributed by atoms with Crippen LogP contribution in [0.2, 0.25) is 0 Å². The molecule has 0 radical (unpaired) electrons. The van der Waals surface area contributed by atoms with Crippen molar-refractivity contribution in [2.45, 2.75) is 37.5 Å². The highest BCUT2D eigenvalue weighted by molar-refractivity contribution is 14.1. The Morgan fingerprint density at radius 2 is 1.67 bits per heavy atom. The summed E-state index contributed by atoms with van der Waals surface area (Å²) >= 11 is 2.48. The maximum Gasteiger partial charge on any atom is 0.122 e. The third kappa shape index (κ3) is 1.41. The van der Waals surface area contributed by atoms with E-state index in [9.17, 15) is 0 Å². The van der Waals surface area contributed by atoms with Gasteiger partial charge >= 0.3 is 0 Å². The third-order valence-electron chi connectivity index (χ3n) is 3.96. The zero-order valence-corrected chi connectivity index (χ0v) is 11.1. The standard InChI is InChI=1S/C13H15IO/c1-15-11-7-6-10(14)12-8-2-4-9(5-3-8)13(11)12/h6-9H,2-5H2,1H3. The largest absolute Gasteiger partial charge is 0.496 e. The highest BCUT2D eigenvalue weighted by Gasteiger charge is 2.36. The molecule has 0 unspecified atom stereocenters. The van der Waals surface area contributed by atoms with Crippen LogP contribution in [0.25, 0.3) is 0 Å². The van der Waals surface area contributed by atoms with E-state index in [1.54, 1.807) is 12.7 Å². The van der Waals surface area contributed by atoms with Crippen LogP contribution >= 0.6 is 22.6 Å². The van der Waals surface area contributed by atoms with E-state index in [1.807, 2.05) is 0 Å². The van der Waals surface area contributed by atoms with Crippen molar-refractivity contribution in [1.29, 1.82) is 0 Å². The Balaban J connectivity index is 2.24. The summed E-state index contributed by atoms with van der Waals surface area (Å²) < 4.78 is 6.96. The Labute approximate surface area is 104 Å². The molecule has 0 amide bonds. The smallest absolute Gasteiger partial charge is 0.122 e.